The maximum Gasteiger partial charge on any atom is 0.119 e. The van der Waals surface area contributed by atoms with Crippen LogP contribution in [-0.2, 0) is 19.3 Å². The van der Waals surface area contributed by atoms with Gasteiger partial charge in [0, 0.05) is 0 Å². The quantitative estimate of drug-likeness (QED) is 0.507. The molecule has 3 rings (SSSR count). The average molecular weight is 306 g/mol. The molecule has 0 aliphatic heterocycles. The Morgan fingerprint density at radius 1 is 1.13 bits per heavy atom. The third-order valence-electron chi connectivity index (χ3n) is 4.86. The van der Waals surface area contributed by atoms with Gasteiger partial charge in [-0.05, 0) is 72.4 Å². The lowest BCUT2D eigenvalue weighted by atomic mass is 9.80. The second-order valence-corrected chi connectivity index (χ2v) is 6.39. The van der Waals surface area contributed by atoms with Gasteiger partial charge in [0.2, 0.25) is 0 Å². The smallest absolute Gasteiger partial charge is 0.119 e. The van der Waals surface area contributed by atoms with Crippen molar-refractivity contribution < 1.29 is 4.74 Å². The molecule has 1 atom stereocenters. The summed E-state index contributed by atoms with van der Waals surface area (Å²) >= 11 is 0. The molecule has 2 aromatic carbocycles. The van der Waals surface area contributed by atoms with Crippen LogP contribution < -0.4 is 4.74 Å². The van der Waals surface area contributed by atoms with Crippen LogP contribution in [0.1, 0.15) is 47.9 Å². The molecule has 1 aliphatic carbocycles. The van der Waals surface area contributed by atoms with E-state index in [1.54, 1.807) is 0 Å². The Kier molecular flexibility index (Phi) is 5.17. The number of hydrogen-bond donors (Lipinski definition) is 0. The Balaban J connectivity index is 1.69. The first-order chi connectivity index (χ1) is 11.3. The zero-order valence-electron chi connectivity index (χ0n) is 14.1. The second kappa shape index (κ2) is 7.50. The summed E-state index contributed by atoms with van der Waals surface area (Å²) in [5.41, 5.74) is 5.85. The van der Waals surface area contributed by atoms with Crippen molar-refractivity contribution in [1.29, 1.82) is 0 Å². The van der Waals surface area contributed by atoms with E-state index in [0.29, 0.717) is 12.5 Å². The fourth-order valence-electron chi connectivity index (χ4n) is 3.39. The number of hydrogen-bond acceptors (Lipinski definition) is 1. The summed E-state index contributed by atoms with van der Waals surface area (Å²) in [7, 11) is 0. The predicted octanol–water partition coefficient (Wildman–Crippen LogP) is 5.48. The van der Waals surface area contributed by atoms with Crippen molar-refractivity contribution in [2.75, 3.05) is 6.61 Å². The van der Waals surface area contributed by atoms with Crippen molar-refractivity contribution in [2.24, 2.45) is 0 Å². The minimum absolute atomic E-state index is 0.654. The maximum absolute atomic E-state index is 5.78. The Labute approximate surface area is 140 Å². The first-order valence-corrected chi connectivity index (χ1v) is 8.74. The molecule has 23 heavy (non-hydrogen) atoms. The van der Waals surface area contributed by atoms with Gasteiger partial charge in [0.25, 0.3) is 0 Å². The summed E-state index contributed by atoms with van der Waals surface area (Å²) in [5.74, 6) is 1.65. The molecule has 0 saturated heterocycles. The zero-order chi connectivity index (χ0) is 16.1. The highest BCUT2D eigenvalue weighted by atomic mass is 16.5. The van der Waals surface area contributed by atoms with Crippen LogP contribution in [-0.4, -0.2) is 6.61 Å². The van der Waals surface area contributed by atoms with E-state index >= 15 is 0 Å². The molecule has 1 aliphatic rings. The van der Waals surface area contributed by atoms with Crippen molar-refractivity contribution in [1.82, 2.24) is 0 Å². The van der Waals surface area contributed by atoms with Gasteiger partial charge in [-0.2, -0.15) is 0 Å². The second-order valence-electron chi connectivity index (χ2n) is 6.39. The Morgan fingerprint density at radius 3 is 2.70 bits per heavy atom. The van der Waals surface area contributed by atoms with E-state index < -0.39 is 0 Å². The normalized spacial score (nSPS) is 16.7. The van der Waals surface area contributed by atoms with Crippen LogP contribution in [0.5, 0.6) is 5.75 Å². The van der Waals surface area contributed by atoms with Crippen LogP contribution in [0.3, 0.4) is 0 Å². The van der Waals surface area contributed by atoms with E-state index in [0.717, 1.165) is 31.4 Å². The molecule has 0 saturated carbocycles. The highest BCUT2D eigenvalue weighted by Crippen LogP contribution is 2.34. The van der Waals surface area contributed by atoms with Crippen molar-refractivity contribution in [3.05, 3.63) is 77.4 Å². The average Bonchev–Trinajstić information content (AvgIpc) is 2.61. The molecule has 0 N–H and O–H groups in total. The Morgan fingerprint density at radius 2 is 1.96 bits per heavy atom. The molecule has 0 spiro atoms. The maximum atomic E-state index is 5.78. The number of fused-ring (bicyclic) bond motifs is 1. The molecule has 0 heterocycles. The molecular formula is C22H26O. The van der Waals surface area contributed by atoms with Crippen molar-refractivity contribution >= 4 is 0 Å². The molecule has 2 aromatic rings. The van der Waals surface area contributed by atoms with Gasteiger partial charge in [0.1, 0.15) is 5.75 Å². The highest BCUT2D eigenvalue weighted by Gasteiger charge is 2.20. The van der Waals surface area contributed by atoms with Crippen molar-refractivity contribution in [3.8, 4) is 5.75 Å². The van der Waals surface area contributed by atoms with Crippen LogP contribution in [0.15, 0.2) is 55.1 Å². The lowest BCUT2D eigenvalue weighted by molar-refractivity contribution is 0.324. The van der Waals surface area contributed by atoms with E-state index in [1.165, 1.54) is 28.7 Å². The lowest BCUT2D eigenvalue weighted by Crippen LogP contribution is -2.13. The molecule has 0 aromatic heterocycles. The number of benzene rings is 2. The zero-order valence-corrected chi connectivity index (χ0v) is 14.1. The first kappa shape index (κ1) is 15.9. The van der Waals surface area contributed by atoms with Gasteiger partial charge >= 0.3 is 0 Å². The van der Waals surface area contributed by atoms with E-state index in [4.69, 9.17) is 4.74 Å². The van der Waals surface area contributed by atoms with Gasteiger partial charge in [-0.25, -0.2) is 0 Å². The largest absolute Gasteiger partial charge is 0.493 e. The summed E-state index contributed by atoms with van der Waals surface area (Å²) in [6.07, 6.45) is 7.43. The van der Waals surface area contributed by atoms with Crippen LogP contribution in [0.25, 0.3) is 0 Å². The summed E-state index contributed by atoms with van der Waals surface area (Å²) in [6.45, 7) is 6.66. The van der Waals surface area contributed by atoms with Gasteiger partial charge in [-0.15, -0.1) is 6.58 Å². The Bertz CT molecular complexity index is 654. The van der Waals surface area contributed by atoms with Gasteiger partial charge < -0.3 is 4.74 Å². The third kappa shape index (κ3) is 3.85. The highest BCUT2D eigenvalue weighted by molar-refractivity contribution is 5.39. The minimum atomic E-state index is 0.654. The minimum Gasteiger partial charge on any atom is -0.493 e. The standard InChI is InChI=1S/C22H26O/c1-3-5-14-23-22-13-12-20-15-19(10-11-21(20)16-22)18-8-6-17(4-2)7-9-18/h3,6-9,12-13,16,19H,1,4-5,10-11,14-15H2,2H3. The summed E-state index contributed by atoms with van der Waals surface area (Å²) in [5, 5.41) is 0. The summed E-state index contributed by atoms with van der Waals surface area (Å²) in [6, 6.07) is 15.8. The molecule has 0 radical (unpaired) electrons. The van der Waals surface area contributed by atoms with Gasteiger partial charge in [-0.1, -0.05) is 43.3 Å². The van der Waals surface area contributed by atoms with E-state index in [9.17, 15) is 0 Å². The fraction of sp³-hybridized carbons (Fsp3) is 0.364. The molecule has 1 heteroatoms. The number of ether oxygens (including phenoxy) is 1. The summed E-state index contributed by atoms with van der Waals surface area (Å²) < 4.78 is 5.78. The topological polar surface area (TPSA) is 9.23 Å². The van der Waals surface area contributed by atoms with Crippen LogP contribution in [0, 0.1) is 0 Å². The van der Waals surface area contributed by atoms with Gasteiger partial charge in [-0.3, -0.25) is 0 Å². The number of rotatable bonds is 6. The Hall–Kier alpha value is -2.02. The molecule has 1 nitrogen and oxygen atoms in total. The van der Waals surface area contributed by atoms with E-state index in [-0.39, 0.29) is 0 Å². The SMILES string of the molecule is C=CCCOc1ccc2c(c1)CCC(c1ccc(CC)cc1)C2. The molecule has 0 fully saturated rings. The fourth-order valence-corrected chi connectivity index (χ4v) is 3.39. The molecular weight excluding hydrogens is 280 g/mol. The van der Waals surface area contributed by atoms with Crippen LogP contribution in [0.4, 0.5) is 0 Å². The van der Waals surface area contributed by atoms with Crippen LogP contribution >= 0.6 is 0 Å². The monoisotopic (exact) mass is 306 g/mol. The van der Waals surface area contributed by atoms with Crippen molar-refractivity contribution in [3.63, 3.8) is 0 Å². The van der Waals surface area contributed by atoms with E-state index in [2.05, 4.69) is 56.0 Å². The van der Waals surface area contributed by atoms with Gasteiger partial charge in [0.05, 0.1) is 6.61 Å². The van der Waals surface area contributed by atoms with Gasteiger partial charge in [0.15, 0.2) is 0 Å². The molecule has 0 bridgehead atoms. The lowest BCUT2D eigenvalue weighted by Gasteiger charge is -2.25. The summed E-state index contributed by atoms with van der Waals surface area (Å²) in [4.78, 5) is 0. The third-order valence-corrected chi connectivity index (χ3v) is 4.86. The first-order valence-electron chi connectivity index (χ1n) is 8.74. The van der Waals surface area contributed by atoms with Crippen LogP contribution in [0.2, 0.25) is 0 Å². The van der Waals surface area contributed by atoms with Crippen molar-refractivity contribution in [2.45, 2.75) is 44.9 Å². The molecule has 1 unspecified atom stereocenters. The molecule has 120 valence electrons. The number of aryl methyl sites for hydroxylation is 2. The van der Waals surface area contributed by atoms with E-state index in [1.807, 2.05) is 6.08 Å². The predicted molar refractivity (Wildman–Crippen MR) is 97.3 cm³/mol. The molecule has 0 amide bonds.